The van der Waals surface area contributed by atoms with Crippen molar-refractivity contribution in [1.29, 1.82) is 0 Å². The lowest BCUT2D eigenvalue weighted by molar-refractivity contribution is -0.122. The van der Waals surface area contributed by atoms with Crippen LogP contribution in [0.4, 0.5) is 0 Å². The Bertz CT molecular complexity index is 168. The predicted octanol–water partition coefficient (Wildman–Crippen LogP) is 1.41. The molecule has 0 unspecified atom stereocenters. The van der Waals surface area contributed by atoms with E-state index >= 15 is 0 Å². The Morgan fingerprint density at radius 2 is 2.38 bits per heavy atom. The topological polar surface area (TPSA) is 35.5 Å². The average molecular weight is 186 g/mol. The van der Waals surface area contributed by atoms with Crippen LogP contribution in [0.5, 0.6) is 0 Å². The highest BCUT2D eigenvalue weighted by Crippen LogP contribution is 2.23. The third-order valence-electron chi connectivity index (χ3n) is 2.46. The van der Waals surface area contributed by atoms with Crippen molar-refractivity contribution in [3.05, 3.63) is 0 Å². The van der Waals surface area contributed by atoms with Crippen LogP contribution >= 0.6 is 0 Å². The van der Waals surface area contributed by atoms with Crippen molar-refractivity contribution >= 4 is 5.78 Å². The maximum absolute atomic E-state index is 10.6. The van der Waals surface area contributed by atoms with E-state index in [1.165, 1.54) is 6.92 Å². The zero-order valence-corrected chi connectivity index (χ0v) is 8.41. The van der Waals surface area contributed by atoms with E-state index in [1.807, 2.05) is 0 Å². The van der Waals surface area contributed by atoms with Crippen molar-refractivity contribution < 1.29 is 14.3 Å². The molecule has 3 nitrogen and oxygen atoms in total. The second kappa shape index (κ2) is 5.35. The van der Waals surface area contributed by atoms with Crippen molar-refractivity contribution in [2.45, 2.75) is 32.8 Å². The van der Waals surface area contributed by atoms with Crippen LogP contribution in [0.2, 0.25) is 0 Å². The lowest BCUT2D eigenvalue weighted by Crippen LogP contribution is -2.23. The number of carbonyl (C=O) groups excluding carboxylic acids is 1. The first-order chi connectivity index (χ1) is 6.24. The van der Waals surface area contributed by atoms with Crippen molar-refractivity contribution in [3.63, 3.8) is 0 Å². The molecule has 1 aliphatic heterocycles. The van der Waals surface area contributed by atoms with E-state index in [4.69, 9.17) is 9.47 Å². The van der Waals surface area contributed by atoms with Gasteiger partial charge in [-0.1, -0.05) is 13.3 Å². The first-order valence-corrected chi connectivity index (χ1v) is 4.92. The van der Waals surface area contributed by atoms with Crippen LogP contribution in [0, 0.1) is 5.92 Å². The molecule has 76 valence electrons. The molecule has 0 aromatic rings. The number of Topliss-reactive ketones (excluding diaryl/α,β-unsaturated/α-hetero) is 1. The van der Waals surface area contributed by atoms with Crippen molar-refractivity contribution in [2.75, 3.05) is 19.8 Å². The van der Waals surface area contributed by atoms with Crippen LogP contribution in [0.3, 0.4) is 0 Å². The Kier molecular flexibility index (Phi) is 4.39. The molecule has 0 N–H and O–H groups in total. The van der Waals surface area contributed by atoms with E-state index in [0.717, 1.165) is 19.4 Å². The molecule has 0 aromatic carbocycles. The van der Waals surface area contributed by atoms with Gasteiger partial charge >= 0.3 is 0 Å². The third kappa shape index (κ3) is 3.44. The van der Waals surface area contributed by atoms with Crippen LogP contribution < -0.4 is 0 Å². The Labute approximate surface area is 79.4 Å². The molecule has 1 aliphatic rings. The predicted molar refractivity (Wildman–Crippen MR) is 49.6 cm³/mol. The number of hydrogen-bond acceptors (Lipinski definition) is 3. The number of carbonyl (C=O) groups is 1. The number of ether oxygens (including phenoxy) is 2. The van der Waals surface area contributed by atoms with Crippen molar-refractivity contribution in [2.24, 2.45) is 5.92 Å². The molecule has 2 atom stereocenters. The minimum absolute atomic E-state index is 0.0750. The zero-order valence-electron chi connectivity index (χ0n) is 8.41. The van der Waals surface area contributed by atoms with Gasteiger partial charge in [-0.3, -0.25) is 4.79 Å². The maximum atomic E-state index is 10.6. The molecule has 1 fully saturated rings. The summed E-state index contributed by atoms with van der Waals surface area (Å²) in [5, 5.41) is 0. The number of ketones is 1. The van der Waals surface area contributed by atoms with Crippen LogP contribution in [0.1, 0.15) is 26.7 Å². The first kappa shape index (κ1) is 10.7. The number of hydrogen-bond donors (Lipinski definition) is 0. The second-order valence-corrected chi connectivity index (χ2v) is 3.58. The van der Waals surface area contributed by atoms with Crippen LogP contribution in [-0.2, 0) is 14.3 Å². The summed E-state index contributed by atoms with van der Waals surface area (Å²) in [6.07, 6.45) is 2.47. The Balaban J connectivity index is 2.16. The smallest absolute Gasteiger partial charge is 0.155 e. The van der Waals surface area contributed by atoms with E-state index in [1.54, 1.807) is 0 Å². The standard InChI is InChI=1S/C10H18O3/c1-3-9-4-5-13-10(9)7-12-6-8(2)11/h9-10H,3-7H2,1-2H3/t9-,10+/m0/s1. The number of rotatable bonds is 5. The van der Waals surface area contributed by atoms with Crippen LogP contribution in [-0.4, -0.2) is 31.7 Å². The van der Waals surface area contributed by atoms with Gasteiger partial charge in [-0.25, -0.2) is 0 Å². The molecule has 0 aliphatic carbocycles. The molecule has 13 heavy (non-hydrogen) atoms. The fourth-order valence-corrected chi connectivity index (χ4v) is 1.66. The highest BCUT2D eigenvalue weighted by atomic mass is 16.5. The van der Waals surface area contributed by atoms with Crippen LogP contribution in [0.25, 0.3) is 0 Å². The van der Waals surface area contributed by atoms with E-state index in [2.05, 4.69) is 6.92 Å². The first-order valence-electron chi connectivity index (χ1n) is 4.92. The highest BCUT2D eigenvalue weighted by Gasteiger charge is 2.26. The van der Waals surface area contributed by atoms with Gasteiger partial charge in [0, 0.05) is 6.61 Å². The molecular weight excluding hydrogens is 168 g/mol. The van der Waals surface area contributed by atoms with Gasteiger partial charge in [0.25, 0.3) is 0 Å². The molecule has 0 bridgehead atoms. The summed E-state index contributed by atoms with van der Waals surface area (Å²) in [7, 11) is 0. The van der Waals surface area contributed by atoms with Gasteiger partial charge in [-0.15, -0.1) is 0 Å². The molecule has 0 spiro atoms. The Morgan fingerprint density at radius 3 is 3.00 bits per heavy atom. The van der Waals surface area contributed by atoms with Gasteiger partial charge in [-0.2, -0.15) is 0 Å². The summed E-state index contributed by atoms with van der Waals surface area (Å²) >= 11 is 0. The summed E-state index contributed by atoms with van der Waals surface area (Å²) in [5.41, 5.74) is 0. The Morgan fingerprint density at radius 1 is 1.62 bits per heavy atom. The molecule has 1 heterocycles. The van der Waals surface area contributed by atoms with Gasteiger partial charge in [0.05, 0.1) is 12.7 Å². The fraction of sp³-hybridized carbons (Fsp3) is 0.900. The summed E-state index contributed by atoms with van der Waals surface area (Å²) in [6, 6.07) is 0. The molecule has 0 saturated carbocycles. The summed E-state index contributed by atoms with van der Waals surface area (Å²) in [4.78, 5) is 10.6. The molecule has 0 aromatic heterocycles. The monoisotopic (exact) mass is 186 g/mol. The van der Waals surface area contributed by atoms with Gasteiger partial charge in [-0.05, 0) is 19.3 Å². The largest absolute Gasteiger partial charge is 0.376 e. The van der Waals surface area contributed by atoms with Crippen LogP contribution in [0.15, 0.2) is 0 Å². The lowest BCUT2D eigenvalue weighted by Gasteiger charge is -2.16. The minimum atomic E-state index is 0.0750. The van der Waals surface area contributed by atoms with Gasteiger partial charge < -0.3 is 9.47 Å². The van der Waals surface area contributed by atoms with Crippen molar-refractivity contribution in [3.8, 4) is 0 Å². The average Bonchev–Trinajstić information content (AvgIpc) is 2.51. The fourth-order valence-electron chi connectivity index (χ4n) is 1.66. The lowest BCUT2D eigenvalue weighted by atomic mass is 9.99. The van der Waals surface area contributed by atoms with Gasteiger partial charge in [0.2, 0.25) is 0 Å². The van der Waals surface area contributed by atoms with E-state index in [9.17, 15) is 4.79 Å². The van der Waals surface area contributed by atoms with E-state index in [-0.39, 0.29) is 18.5 Å². The zero-order chi connectivity index (χ0) is 9.68. The normalized spacial score (nSPS) is 27.8. The summed E-state index contributed by atoms with van der Waals surface area (Å²) in [6.45, 7) is 5.32. The highest BCUT2D eigenvalue weighted by molar-refractivity contribution is 5.76. The Hall–Kier alpha value is -0.410. The SMILES string of the molecule is CC[C@H]1CCO[C@@H]1COCC(C)=O. The van der Waals surface area contributed by atoms with Gasteiger partial charge in [0.1, 0.15) is 6.61 Å². The van der Waals surface area contributed by atoms with E-state index < -0.39 is 0 Å². The third-order valence-corrected chi connectivity index (χ3v) is 2.46. The summed E-state index contributed by atoms with van der Waals surface area (Å²) < 4.78 is 10.7. The molecule has 0 amide bonds. The quantitative estimate of drug-likeness (QED) is 0.651. The van der Waals surface area contributed by atoms with Gasteiger partial charge in [0.15, 0.2) is 5.78 Å². The molecule has 0 radical (unpaired) electrons. The van der Waals surface area contributed by atoms with E-state index in [0.29, 0.717) is 12.5 Å². The molecule has 3 heteroatoms. The maximum Gasteiger partial charge on any atom is 0.155 e. The second-order valence-electron chi connectivity index (χ2n) is 3.58. The molecular formula is C10H18O3. The van der Waals surface area contributed by atoms with Crippen molar-refractivity contribution in [1.82, 2.24) is 0 Å². The minimum Gasteiger partial charge on any atom is -0.376 e. The molecule has 1 saturated heterocycles. The molecule has 1 rings (SSSR count). The summed E-state index contributed by atoms with van der Waals surface area (Å²) in [5.74, 6) is 0.693.